The minimum Gasteiger partial charge on any atom is -0.481 e. The predicted octanol–water partition coefficient (Wildman–Crippen LogP) is 3.79. The van der Waals surface area contributed by atoms with Crippen LogP contribution in [0, 0.1) is 0 Å². The van der Waals surface area contributed by atoms with Crippen LogP contribution in [-0.4, -0.2) is 15.6 Å². The lowest BCUT2D eigenvalue weighted by Gasteiger charge is -2.21. The van der Waals surface area contributed by atoms with Crippen molar-refractivity contribution in [3.63, 3.8) is 0 Å². The number of aryl methyl sites for hydroxylation is 1. The number of rotatable bonds is 3. The predicted molar refractivity (Wildman–Crippen MR) is 76.0 cm³/mol. The van der Waals surface area contributed by atoms with Crippen molar-refractivity contribution in [2.75, 3.05) is 0 Å². The van der Waals surface area contributed by atoms with Crippen LogP contribution in [0.4, 0.5) is 0 Å². The lowest BCUT2D eigenvalue weighted by atomic mass is 9.89. The third kappa shape index (κ3) is 1.85. The summed E-state index contributed by atoms with van der Waals surface area (Å²) in [6.07, 6.45) is 0. The van der Waals surface area contributed by atoms with Gasteiger partial charge in [-0.15, -0.1) is 0 Å². The number of carboxylic acids is 1. The van der Waals surface area contributed by atoms with E-state index in [2.05, 4.69) is 20.5 Å². The van der Waals surface area contributed by atoms with Crippen LogP contribution >= 0.6 is 15.9 Å². The largest absolute Gasteiger partial charge is 0.481 e. The van der Waals surface area contributed by atoms with Crippen molar-refractivity contribution in [2.24, 2.45) is 0 Å². The Balaban J connectivity index is 2.80. The normalized spacial score (nSPS) is 12.0. The van der Waals surface area contributed by atoms with Gasteiger partial charge in [-0.05, 0) is 39.0 Å². The fourth-order valence-corrected chi connectivity index (χ4v) is 2.69. The van der Waals surface area contributed by atoms with Gasteiger partial charge in [-0.25, -0.2) is 0 Å². The van der Waals surface area contributed by atoms with Crippen LogP contribution in [0.1, 0.15) is 26.5 Å². The Labute approximate surface area is 115 Å². The average molecular weight is 310 g/mol. The van der Waals surface area contributed by atoms with Crippen LogP contribution < -0.4 is 0 Å². The first kappa shape index (κ1) is 13.1. The molecule has 1 aromatic carbocycles. The maximum atomic E-state index is 11.4. The van der Waals surface area contributed by atoms with Crippen LogP contribution in [0.2, 0.25) is 0 Å². The number of fused-ring (bicyclic) bond motifs is 1. The second-order valence-electron chi connectivity index (χ2n) is 4.88. The van der Waals surface area contributed by atoms with Gasteiger partial charge in [0, 0.05) is 27.6 Å². The number of hydrogen-bond acceptors (Lipinski definition) is 1. The Morgan fingerprint density at radius 1 is 1.44 bits per heavy atom. The van der Waals surface area contributed by atoms with Crippen molar-refractivity contribution in [2.45, 2.75) is 32.7 Å². The van der Waals surface area contributed by atoms with E-state index < -0.39 is 11.4 Å². The van der Waals surface area contributed by atoms with E-state index in [9.17, 15) is 9.90 Å². The standard InChI is InChI=1S/C14H16BrNO2/c1-4-16-11-7-5-6-10(15)9(11)8-12(16)14(2,3)13(17)18/h5-8H,4H2,1-3H3,(H,17,18). The molecular weight excluding hydrogens is 294 g/mol. The summed E-state index contributed by atoms with van der Waals surface area (Å²) < 4.78 is 3.06. The van der Waals surface area contributed by atoms with Crippen LogP contribution in [0.5, 0.6) is 0 Å². The van der Waals surface area contributed by atoms with E-state index in [0.29, 0.717) is 0 Å². The molecule has 0 radical (unpaired) electrons. The van der Waals surface area contributed by atoms with E-state index in [0.717, 1.165) is 27.6 Å². The van der Waals surface area contributed by atoms with E-state index in [1.165, 1.54) is 0 Å². The van der Waals surface area contributed by atoms with Crippen LogP contribution in [0.15, 0.2) is 28.7 Å². The molecule has 2 aromatic rings. The number of nitrogens with zero attached hydrogens (tertiary/aromatic N) is 1. The maximum Gasteiger partial charge on any atom is 0.315 e. The number of carbonyl (C=O) groups is 1. The minimum atomic E-state index is -0.894. The van der Waals surface area contributed by atoms with Gasteiger partial charge in [-0.2, -0.15) is 0 Å². The highest BCUT2D eigenvalue weighted by Crippen LogP contribution is 2.33. The molecule has 0 amide bonds. The zero-order chi connectivity index (χ0) is 13.5. The Kier molecular flexibility index (Phi) is 3.23. The summed E-state index contributed by atoms with van der Waals surface area (Å²) in [5.41, 5.74) is 1.00. The fraction of sp³-hybridized carbons (Fsp3) is 0.357. The number of halogens is 1. The monoisotopic (exact) mass is 309 g/mol. The van der Waals surface area contributed by atoms with Gasteiger partial charge >= 0.3 is 5.97 Å². The SMILES string of the molecule is CCn1c(C(C)(C)C(=O)O)cc2c(Br)cccc21. The Morgan fingerprint density at radius 3 is 2.67 bits per heavy atom. The smallest absolute Gasteiger partial charge is 0.315 e. The molecule has 0 saturated heterocycles. The van der Waals surface area contributed by atoms with Gasteiger partial charge in [0.15, 0.2) is 0 Å². The van der Waals surface area contributed by atoms with Crippen molar-refractivity contribution >= 4 is 32.8 Å². The molecule has 1 aromatic heterocycles. The average Bonchev–Trinajstić information content (AvgIpc) is 2.69. The molecule has 0 atom stereocenters. The van der Waals surface area contributed by atoms with Crippen molar-refractivity contribution in [1.29, 1.82) is 0 Å². The highest BCUT2D eigenvalue weighted by atomic mass is 79.9. The molecule has 0 aliphatic heterocycles. The van der Waals surface area contributed by atoms with Crippen molar-refractivity contribution in [3.8, 4) is 0 Å². The fourth-order valence-electron chi connectivity index (χ4n) is 2.22. The minimum absolute atomic E-state index is 0.756. The summed E-state index contributed by atoms with van der Waals surface area (Å²) in [6, 6.07) is 7.93. The third-order valence-corrected chi connectivity index (χ3v) is 4.08. The van der Waals surface area contributed by atoms with E-state index >= 15 is 0 Å². The van der Waals surface area contributed by atoms with Gasteiger partial charge in [0.1, 0.15) is 5.41 Å². The molecule has 0 spiro atoms. The first-order valence-electron chi connectivity index (χ1n) is 5.91. The van der Waals surface area contributed by atoms with Gasteiger partial charge < -0.3 is 9.67 Å². The number of aliphatic carboxylic acids is 1. The number of aromatic nitrogens is 1. The Morgan fingerprint density at radius 2 is 2.11 bits per heavy atom. The molecule has 2 rings (SSSR count). The Bertz CT molecular complexity index is 614. The van der Waals surface area contributed by atoms with E-state index in [4.69, 9.17) is 0 Å². The molecular formula is C14H16BrNO2. The zero-order valence-corrected chi connectivity index (χ0v) is 12.3. The van der Waals surface area contributed by atoms with Crippen molar-refractivity contribution in [3.05, 3.63) is 34.4 Å². The molecule has 1 heterocycles. The van der Waals surface area contributed by atoms with E-state index in [1.807, 2.05) is 31.2 Å². The summed E-state index contributed by atoms with van der Waals surface area (Å²) in [7, 11) is 0. The molecule has 0 fully saturated rings. The van der Waals surface area contributed by atoms with E-state index in [1.54, 1.807) is 13.8 Å². The van der Waals surface area contributed by atoms with Gasteiger partial charge in [0.2, 0.25) is 0 Å². The Hall–Kier alpha value is -1.29. The van der Waals surface area contributed by atoms with Gasteiger partial charge in [0.05, 0.1) is 0 Å². The van der Waals surface area contributed by atoms with Crippen LogP contribution in [0.3, 0.4) is 0 Å². The second-order valence-corrected chi connectivity index (χ2v) is 5.73. The molecule has 0 aliphatic rings. The lowest BCUT2D eigenvalue weighted by molar-refractivity contribution is -0.142. The second kappa shape index (κ2) is 4.43. The molecule has 0 saturated carbocycles. The van der Waals surface area contributed by atoms with Crippen molar-refractivity contribution in [1.82, 2.24) is 4.57 Å². The first-order valence-corrected chi connectivity index (χ1v) is 6.70. The first-order chi connectivity index (χ1) is 8.39. The van der Waals surface area contributed by atoms with Crippen molar-refractivity contribution < 1.29 is 9.90 Å². The molecule has 96 valence electrons. The van der Waals surface area contributed by atoms with Gasteiger partial charge in [-0.3, -0.25) is 4.79 Å². The number of benzene rings is 1. The van der Waals surface area contributed by atoms with E-state index in [-0.39, 0.29) is 0 Å². The maximum absolute atomic E-state index is 11.4. The molecule has 0 unspecified atom stereocenters. The summed E-state index contributed by atoms with van der Waals surface area (Å²) in [6.45, 7) is 6.26. The highest BCUT2D eigenvalue weighted by molar-refractivity contribution is 9.10. The third-order valence-electron chi connectivity index (χ3n) is 3.38. The molecule has 18 heavy (non-hydrogen) atoms. The lowest BCUT2D eigenvalue weighted by Crippen LogP contribution is -2.31. The summed E-state index contributed by atoms with van der Waals surface area (Å²) in [5.74, 6) is -0.809. The molecule has 4 heteroatoms. The van der Waals surface area contributed by atoms with Crippen LogP contribution in [0.25, 0.3) is 10.9 Å². The topological polar surface area (TPSA) is 42.2 Å². The molecule has 3 nitrogen and oxygen atoms in total. The molecule has 0 bridgehead atoms. The number of hydrogen-bond donors (Lipinski definition) is 1. The van der Waals surface area contributed by atoms with Crippen LogP contribution in [-0.2, 0) is 16.8 Å². The van der Waals surface area contributed by atoms with Gasteiger partial charge in [0.25, 0.3) is 0 Å². The van der Waals surface area contributed by atoms with Gasteiger partial charge in [-0.1, -0.05) is 22.0 Å². The molecule has 0 aliphatic carbocycles. The number of carboxylic acid groups (broad SMARTS) is 1. The quantitative estimate of drug-likeness (QED) is 0.937. The summed E-state index contributed by atoms with van der Waals surface area (Å²) in [4.78, 5) is 11.4. The summed E-state index contributed by atoms with van der Waals surface area (Å²) >= 11 is 3.52. The highest BCUT2D eigenvalue weighted by Gasteiger charge is 2.33. The summed E-state index contributed by atoms with van der Waals surface area (Å²) in [5, 5.41) is 10.4. The molecule has 1 N–H and O–H groups in total. The zero-order valence-electron chi connectivity index (χ0n) is 10.7.